The molecule has 1 aromatic carbocycles. The number of methoxy groups -OCH3 is 1. The van der Waals surface area contributed by atoms with E-state index in [9.17, 15) is 0 Å². The molecule has 0 radical (unpaired) electrons. The molecule has 70 valence electrons. The fourth-order valence-corrected chi connectivity index (χ4v) is 2.09. The van der Waals surface area contributed by atoms with Crippen molar-refractivity contribution in [3.05, 3.63) is 28.8 Å². The van der Waals surface area contributed by atoms with Crippen molar-refractivity contribution in [1.29, 1.82) is 0 Å². The average molecular weight is 177 g/mol. The zero-order chi connectivity index (χ0) is 9.42. The van der Waals surface area contributed by atoms with Gasteiger partial charge in [0.1, 0.15) is 5.75 Å². The van der Waals surface area contributed by atoms with E-state index in [1.807, 2.05) is 0 Å². The molecular weight excluding hydrogens is 162 g/mol. The minimum absolute atomic E-state index is 0.172. The van der Waals surface area contributed by atoms with Gasteiger partial charge in [-0.1, -0.05) is 6.07 Å². The summed E-state index contributed by atoms with van der Waals surface area (Å²) in [5.74, 6) is 0.958. The van der Waals surface area contributed by atoms with E-state index < -0.39 is 0 Å². The monoisotopic (exact) mass is 177 g/mol. The van der Waals surface area contributed by atoms with Crippen LogP contribution >= 0.6 is 0 Å². The minimum atomic E-state index is 0.172. The largest absolute Gasteiger partial charge is 0.496 e. The van der Waals surface area contributed by atoms with Gasteiger partial charge >= 0.3 is 0 Å². The third-order valence-electron chi connectivity index (χ3n) is 2.69. The second kappa shape index (κ2) is 3.04. The van der Waals surface area contributed by atoms with Crippen LogP contribution in [0.4, 0.5) is 0 Å². The Labute approximate surface area is 78.7 Å². The van der Waals surface area contributed by atoms with Crippen LogP contribution in [-0.2, 0) is 6.42 Å². The Kier molecular flexibility index (Phi) is 2.00. The molecule has 0 aromatic heterocycles. The van der Waals surface area contributed by atoms with Gasteiger partial charge in [-0.15, -0.1) is 0 Å². The maximum absolute atomic E-state index is 5.99. The lowest BCUT2D eigenvalue weighted by molar-refractivity contribution is 0.406. The summed E-state index contributed by atoms with van der Waals surface area (Å²) in [6.07, 6.45) is 2.14. The number of fused-ring (bicyclic) bond motifs is 1. The number of rotatable bonds is 1. The molecule has 1 aromatic rings. The van der Waals surface area contributed by atoms with Crippen molar-refractivity contribution in [2.24, 2.45) is 5.73 Å². The number of nitrogens with two attached hydrogens (primary N) is 1. The van der Waals surface area contributed by atoms with Crippen LogP contribution in [0.3, 0.4) is 0 Å². The molecule has 0 spiro atoms. The summed E-state index contributed by atoms with van der Waals surface area (Å²) < 4.78 is 5.33. The van der Waals surface area contributed by atoms with Gasteiger partial charge in [0.25, 0.3) is 0 Å². The van der Waals surface area contributed by atoms with Crippen LogP contribution in [0.2, 0.25) is 0 Å². The molecule has 0 aliphatic heterocycles. The van der Waals surface area contributed by atoms with Crippen LogP contribution < -0.4 is 10.5 Å². The number of hydrogen-bond donors (Lipinski definition) is 1. The molecule has 0 fully saturated rings. The molecule has 0 saturated carbocycles. The molecule has 2 nitrogen and oxygen atoms in total. The molecule has 2 rings (SSSR count). The molecule has 1 atom stereocenters. The van der Waals surface area contributed by atoms with Crippen molar-refractivity contribution >= 4 is 0 Å². The van der Waals surface area contributed by atoms with Gasteiger partial charge in [0.15, 0.2) is 0 Å². The van der Waals surface area contributed by atoms with Crippen molar-refractivity contribution in [1.82, 2.24) is 0 Å². The van der Waals surface area contributed by atoms with Gasteiger partial charge in [0, 0.05) is 11.6 Å². The van der Waals surface area contributed by atoms with Gasteiger partial charge in [-0.25, -0.2) is 0 Å². The van der Waals surface area contributed by atoms with Gasteiger partial charge < -0.3 is 10.5 Å². The standard InChI is InChI=1S/C11H15NO/c1-7-5-8-3-4-9(12)11(8)10(6-7)13-2/h5-6,9H,3-4,12H2,1-2H3/t9-/m1/s1. The molecule has 0 bridgehead atoms. The Balaban J connectivity index is 2.57. The van der Waals surface area contributed by atoms with E-state index in [2.05, 4.69) is 19.1 Å². The number of hydrogen-bond acceptors (Lipinski definition) is 2. The first-order valence-corrected chi connectivity index (χ1v) is 4.65. The summed E-state index contributed by atoms with van der Waals surface area (Å²) in [5, 5.41) is 0. The smallest absolute Gasteiger partial charge is 0.124 e. The molecule has 2 N–H and O–H groups in total. The van der Waals surface area contributed by atoms with Crippen molar-refractivity contribution in [3.8, 4) is 5.75 Å². The third kappa shape index (κ3) is 1.31. The van der Waals surface area contributed by atoms with E-state index in [0.717, 1.165) is 18.6 Å². The lowest BCUT2D eigenvalue weighted by Crippen LogP contribution is -2.07. The van der Waals surface area contributed by atoms with Gasteiger partial charge in [0.2, 0.25) is 0 Å². The summed E-state index contributed by atoms with van der Waals surface area (Å²) in [6.45, 7) is 2.09. The molecule has 0 amide bonds. The second-order valence-electron chi connectivity index (χ2n) is 3.69. The summed E-state index contributed by atoms with van der Waals surface area (Å²) in [6, 6.07) is 4.44. The first kappa shape index (κ1) is 8.57. The highest BCUT2D eigenvalue weighted by molar-refractivity contribution is 5.48. The van der Waals surface area contributed by atoms with E-state index in [4.69, 9.17) is 10.5 Å². The predicted molar refractivity (Wildman–Crippen MR) is 53.0 cm³/mol. The van der Waals surface area contributed by atoms with E-state index in [1.54, 1.807) is 7.11 Å². The summed E-state index contributed by atoms with van der Waals surface area (Å²) in [5.41, 5.74) is 9.83. The Bertz CT molecular complexity index is 333. The fraction of sp³-hybridized carbons (Fsp3) is 0.455. The van der Waals surface area contributed by atoms with Gasteiger partial charge in [-0.2, -0.15) is 0 Å². The summed E-state index contributed by atoms with van der Waals surface area (Å²) in [4.78, 5) is 0. The van der Waals surface area contributed by atoms with E-state index in [-0.39, 0.29) is 6.04 Å². The first-order chi connectivity index (χ1) is 6.22. The Morgan fingerprint density at radius 1 is 1.46 bits per heavy atom. The van der Waals surface area contributed by atoms with Crippen molar-refractivity contribution in [2.75, 3.05) is 7.11 Å². The Morgan fingerprint density at radius 2 is 2.23 bits per heavy atom. The highest BCUT2D eigenvalue weighted by Crippen LogP contribution is 2.37. The van der Waals surface area contributed by atoms with E-state index >= 15 is 0 Å². The molecule has 0 unspecified atom stereocenters. The summed E-state index contributed by atoms with van der Waals surface area (Å²) >= 11 is 0. The fourth-order valence-electron chi connectivity index (χ4n) is 2.09. The predicted octanol–water partition coefficient (Wildman–Crippen LogP) is 1.95. The Morgan fingerprint density at radius 3 is 2.92 bits per heavy atom. The van der Waals surface area contributed by atoms with Gasteiger partial charge in [0.05, 0.1) is 7.11 Å². The van der Waals surface area contributed by atoms with Crippen molar-refractivity contribution < 1.29 is 4.74 Å². The molecule has 0 heterocycles. The molecule has 0 saturated heterocycles. The number of ether oxygens (including phenoxy) is 1. The topological polar surface area (TPSA) is 35.2 Å². The molecule has 1 aliphatic rings. The second-order valence-corrected chi connectivity index (χ2v) is 3.69. The van der Waals surface area contributed by atoms with Crippen LogP contribution in [0.25, 0.3) is 0 Å². The Hall–Kier alpha value is -1.02. The first-order valence-electron chi connectivity index (χ1n) is 4.65. The van der Waals surface area contributed by atoms with Crippen LogP contribution in [-0.4, -0.2) is 7.11 Å². The maximum Gasteiger partial charge on any atom is 0.124 e. The average Bonchev–Trinajstić information content (AvgIpc) is 2.46. The van der Waals surface area contributed by atoms with E-state index in [0.29, 0.717) is 0 Å². The van der Waals surface area contributed by atoms with Gasteiger partial charge in [-0.05, 0) is 37.0 Å². The molecule has 1 aliphatic carbocycles. The zero-order valence-electron chi connectivity index (χ0n) is 8.13. The SMILES string of the molecule is COc1cc(C)cc2c1[C@H](N)CC2. The van der Waals surface area contributed by atoms with Crippen LogP contribution in [0.1, 0.15) is 29.2 Å². The van der Waals surface area contributed by atoms with Crippen LogP contribution in [0, 0.1) is 6.92 Å². The normalized spacial score (nSPS) is 20.1. The van der Waals surface area contributed by atoms with Crippen LogP contribution in [0.15, 0.2) is 12.1 Å². The highest BCUT2D eigenvalue weighted by Gasteiger charge is 2.23. The quantitative estimate of drug-likeness (QED) is 0.711. The lowest BCUT2D eigenvalue weighted by Gasteiger charge is -2.11. The minimum Gasteiger partial charge on any atom is -0.496 e. The van der Waals surface area contributed by atoms with Crippen molar-refractivity contribution in [2.45, 2.75) is 25.8 Å². The molecule has 2 heteroatoms. The molecular formula is C11H15NO. The number of benzene rings is 1. The maximum atomic E-state index is 5.99. The van der Waals surface area contributed by atoms with E-state index in [1.165, 1.54) is 16.7 Å². The van der Waals surface area contributed by atoms with Crippen LogP contribution in [0.5, 0.6) is 5.75 Å². The lowest BCUT2D eigenvalue weighted by atomic mass is 10.0. The van der Waals surface area contributed by atoms with Gasteiger partial charge in [-0.3, -0.25) is 0 Å². The van der Waals surface area contributed by atoms with Crippen molar-refractivity contribution in [3.63, 3.8) is 0 Å². The zero-order valence-corrected chi connectivity index (χ0v) is 8.13. The third-order valence-corrected chi connectivity index (χ3v) is 2.69. The highest BCUT2D eigenvalue weighted by atomic mass is 16.5. The number of aryl methyl sites for hydroxylation is 2. The molecule has 13 heavy (non-hydrogen) atoms. The summed E-state index contributed by atoms with van der Waals surface area (Å²) in [7, 11) is 1.71.